The summed E-state index contributed by atoms with van der Waals surface area (Å²) in [4.78, 5) is 19.1. The molecule has 0 bridgehead atoms. The summed E-state index contributed by atoms with van der Waals surface area (Å²) in [5, 5.41) is 4.20. The zero-order valence-electron chi connectivity index (χ0n) is 18.9. The number of fused-ring (bicyclic) bond motifs is 1. The molecule has 1 aliphatic rings. The highest BCUT2D eigenvalue weighted by atomic mass is 16.5. The Morgan fingerprint density at radius 1 is 1.06 bits per heavy atom. The molecule has 0 unspecified atom stereocenters. The standard InChI is InChI=1S/C27H33N3O2/c1-30(20-24-12-6-11-22-13-7-15-28-26(22)24)19-21-8-5-14-25(18-21)32-17-16-29-27(31)23-9-3-2-4-10-23/h5-8,11-15,18,23H,2-4,9-10,16-17,19-20H2,1H3,(H,29,31). The average Bonchev–Trinajstić information content (AvgIpc) is 2.83. The minimum atomic E-state index is 0.187. The maximum atomic E-state index is 12.2. The van der Waals surface area contributed by atoms with Crippen molar-refractivity contribution in [1.82, 2.24) is 15.2 Å². The third-order valence-electron chi connectivity index (χ3n) is 6.15. The fourth-order valence-corrected chi connectivity index (χ4v) is 4.54. The second-order valence-electron chi connectivity index (χ2n) is 8.79. The SMILES string of the molecule is CN(Cc1cccc(OCCNC(=O)C2CCCCC2)c1)Cc1cccc2cccnc12. The molecule has 1 N–H and O–H groups in total. The van der Waals surface area contributed by atoms with Crippen molar-refractivity contribution in [3.8, 4) is 5.75 Å². The molecule has 5 nitrogen and oxygen atoms in total. The van der Waals surface area contributed by atoms with E-state index in [9.17, 15) is 4.79 Å². The number of aromatic nitrogens is 1. The second kappa shape index (κ2) is 11.1. The van der Waals surface area contributed by atoms with Gasteiger partial charge in [0.05, 0.1) is 12.1 Å². The summed E-state index contributed by atoms with van der Waals surface area (Å²) in [7, 11) is 2.12. The van der Waals surface area contributed by atoms with E-state index in [-0.39, 0.29) is 11.8 Å². The van der Waals surface area contributed by atoms with Gasteiger partial charge >= 0.3 is 0 Å². The molecular formula is C27H33N3O2. The van der Waals surface area contributed by atoms with Crippen LogP contribution in [0.25, 0.3) is 10.9 Å². The summed E-state index contributed by atoms with van der Waals surface area (Å²) >= 11 is 0. The van der Waals surface area contributed by atoms with Gasteiger partial charge in [0.15, 0.2) is 0 Å². The Balaban J connectivity index is 1.25. The number of hydrogen-bond acceptors (Lipinski definition) is 4. The maximum Gasteiger partial charge on any atom is 0.223 e. The molecule has 5 heteroatoms. The van der Waals surface area contributed by atoms with Crippen molar-refractivity contribution in [1.29, 1.82) is 0 Å². The predicted molar refractivity (Wildman–Crippen MR) is 128 cm³/mol. The first-order chi connectivity index (χ1) is 15.7. The van der Waals surface area contributed by atoms with Gasteiger partial charge in [0, 0.05) is 30.6 Å². The van der Waals surface area contributed by atoms with Crippen molar-refractivity contribution in [2.75, 3.05) is 20.2 Å². The van der Waals surface area contributed by atoms with Crippen molar-refractivity contribution < 1.29 is 9.53 Å². The Labute approximate surface area is 190 Å². The van der Waals surface area contributed by atoms with Gasteiger partial charge in [-0.1, -0.05) is 55.7 Å². The van der Waals surface area contributed by atoms with E-state index >= 15 is 0 Å². The molecule has 32 heavy (non-hydrogen) atoms. The summed E-state index contributed by atoms with van der Waals surface area (Å²) < 4.78 is 5.90. The summed E-state index contributed by atoms with van der Waals surface area (Å²) in [5.41, 5.74) is 3.49. The van der Waals surface area contributed by atoms with E-state index in [4.69, 9.17) is 4.74 Å². The fraction of sp³-hybridized carbons (Fsp3) is 0.407. The smallest absolute Gasteiger partial charge is 0.223 e. The number of nitrogens with zero attached hydrogens (tertiary/aromatic N) is 2. The van der Waals surface area contributed by atoms with Crippen LogP contribution >= 0.6 is 0 Å². The van der Waals surface area contributed by atoms with E-state index in [1.54, 1.807) is 0 Å². The van der Waals surface area contributed by atoms with Crippen molar-refractivity contribution >= 4 is 16.8 Å². The number of pyridine rings is 1. The normalized spacial score (nSPS) is 14.6. The fourth-order valence-electron chi connectivity index (χ4n) is 4.54. The highest BCUT2D eigenvalue weighted by Gasteiger charge is 2.20. The zero-order chi connectivity index (χ0) is 22.2. The molecule has 1 amide bonds. The number of benzene rings is 2. The summed E-state index contributed by atoms with van der Waals surface area (Å²) in [5.74, 6) is 1.22. The van der Waals surface area contributed by atoms with Crippen LogP contribution < -0.4 is 10.1 Å². The van der Waals surface area contributed by atoms with Gasteiger partial charge < -0.3 is 10.1 Å². The number of amides is 1. The van der Waals surface area contributed by atoms with Gasteiger partial charge in [0.2, 0.25) is 5.91 Å². The van der Waals surface area contributed by atoms with Gasteiger partial charge in [0.1, 0.15) is 12.4 Å². The number of para-hydroxylation sites is 1. The molecule has 0 spiro atoms. The summed E-state index contributed by atoms with van der Waals surface area (Å²) in [6.07, 6.45) is 7.51. The van der Waals surface area contributed by atoms with Crippen LogP contribution in [0.5, 0.6) is 5.75 Å². The van der Waals surface area contributed by atoms with E-state index in [0.29, 0.717) is 13.2 Å². The molecule has 3 aromatic rings. The number of carbonyl (C=O) groups excluding carboxylic acids is 1. The van der Waals surface area contributed by atoms with Gasteiger partial charge in [-0.3, -0.25) is 14.7 Å². The number of carbonyl (C=O) groups is 1. The van der Waals surface area contributed by atoms with E-state index in [1.807, 2.05) is 24.4 Å². The molecule has 1 aliphatic carbocycles. The van der Waals surface area contributed by atoms with Crippen LogP contribution in [0.3, 0.4) is 0 Å². The van der Waals surface area contributed by atoms with E-state index in [1.165, 1.54) is 35.8 Å². The third kappa shape index (κ3) is 6.07. The van der Waals surface area contributed by atoms with E-state index < -0.39 is 0 Å². The topological polar surface area (TPSA) is 54.5 Å². The largest absolute Gasteiger partial charge is 0.492 e. The summed E-state index contributed by atoms with van der Waals surface area (Å²) in [6.45, 7) is 2.68. The van der Waals surface area contributed by atoms with Crippen LogP contribution in [-0.4, -0.2) is 36.0 Å². The van der Waals surface area contributed by atoms with Gasteiger partial charge in [-0.25, -0.2) is 0 Å². The van der Waals surface area contributed by atoms with Gasteiger partial charge in [-0.15, -0.1) is 0 Å². The van der Waals surface area contributed by atoms with Gasteiger partial charge in [0.25, 0.3) is 0 Å². The van der Waals surface area contributed by atoms with Crippen molar-refractivity contribution in [2.24, 2.45) is 5.92 Å². The third-order valence-corrected chi connectivity index (χ3v) is 6.15. The molecule has 1 fully saturated rings. The predicted octanol–water partition coefficient (Wildman–Crippen LogP) is 4.94. The lowest BCUT2D eigenvalue weighted by molar-refractivity contribution is -0.126. The van der Waals surface area contributed by atoms with Crippen LogP contribution in [0.15, 0.2) is 60.8 Å². The number of ether oxygens (including phenoxy) is 1. The van der Waals surface area contributed by atoms with Crippen LogP contribution in [0, 0.1) is 5.92 Å². The lowest BCUT2D eigenvalue weighted by Gasteiger charge is -2.20. The molecule has 0 aliphatic heterocycles. The number of nitrogens with one attached hydrogen (secondary N) is 1. The molecule has 2 aromatic carbocycles. The monoisotopic (exact) mass is 431 g/mol. The molecule has 1 heterocycles. The molecule has 0 saturated heterocycles. The minimum absolute atomic E-state index is 0.187. The van der Waals surface area contributed by atoms with Crippen molar-refractivity contribution in [3.63, 3.8) is 0 Å². The highest BCUT2D eigenvalue weighted by Crippen LogP contribution is 2.23. The van der Waals surface area contributed by atoms with Crippen LogP contribution in [-0.2, 0) is 17.9 Å². The van der Waals surface area contributed by atoms with Crippen molar-refractivity contribution in [3.05, 3.63) is 71.9 Å². The first-order valence-electron chi connectivity index (χ1n) is 11.7. The molecule has 1 saturated carbocycles. The first-order valence-corrected chi connectivity index (χ1v) is 11.7. The molecule has 0 radical (unpaired) electrons. The lowest BCUT2D eigenvalue weighted by Crippen LogP contribution is -2.34. The zero-order valence-corrected chi connectivity index (χ0v) is 18.9. The Hall–Kier alpha value is -2.92. The average molecular weight is 432 g/mol. The van der Waals surface area contributed by atoms with Crippen LogP contribution in [0.2, 0.25) is 0 Å². The van der Waals surface area contributed by atoms with Crippen molar-refractivity contribution in [2.45, 2.75) is 45.2 Å². The second-order valence-corrected chi connectivity index (χ2v) is 8.79. The Bertz CT molecular complexity index is 1020. The molecule has 0 atom stereocenters. The quantitative estimate of drug-likeness (QED) is 0.488. The molecule has 1 aromatic heterocycles. The lowest BCUT2D eigenvalue weighted by atomic mass is 9.89. The van der Waals surface area contributed by atoms with E-state index in [2.05, 4.69) is 58.6 Å². The Morgan fingerprint density at radius 3 is 2.75 bits per heavy atom. The van der Waals surface area contributed by atoms with Crippen LogP contribution in [0.1, 0.15) is 43.2 Å². The van der Waals surface area contributed by atoms with Gasteiger partial charge in [-0.05, 0) is 49.2 Å². The highest BCUT2D eigenvalue weighted by molar-refractivity contribution is 5.81. The first kappa shape index (κ1) is 22.3. The maximum absolute atomic E-state index is 12.2. The molecule has 168 valence electrons. The number of rotatable bonds is 9. The van der Waals surface area contributed by atoms with Crippen LogP contribution in [0.4, 0.5) is 0 Å². The minimum Gasteiger partial charge on any atom is -0.492 e. The molecular weight excluding hydrogens is 398 g/mol. The van der Waals surface area contributed by atoms with E-state index in [0.717, 1.165) is 37.2 Å². The Morgan fingerprint density at radius 2 is 1.88 bits per heavy atom. The summed E-state index contributed by atoms with van der Waals surface area (Å²) in [6, 6.07) is 18.6. The number of hydrogen-bond donors (Lipinski definition) is 1. The Kier molecular flexibility index (Phi) is 7.73. The molecule has 4 rings (SSSR count). The van der Waals surface area contributed by atoms with Gasteiger partial charge in [-0.2, -0.15) is 0 Å².